The standard InChI is InChI=1S/C20H42N2O2/c1-18(2)15-13-11-9-7-5-3-4-6-8-10-12-14-16-19(23)22-20(24)17-21/h18,20,24H,3-17,21H2,1-2H3,(H,22,23). The molecule has 0 fully saturated rings. The number of aliphatic hydroxyl groups excluding tert-OH is 1. The SMILES string of the molecule is CC(C)CCCCCCCCCCCCCCC(=O)NC(O)CN. The second-order valence-electron chi connectivity index (χ2n) is 7.49. The molecular weight excluding hydrogens is 300 g/mol. The zero-order valence-electron chi connectivity index (χ0n) is 16.2. The van der Waals surface area contributed by atoms with Gasteiger partial charge in [0.05, 0.1) is 0 Å². The molecule has 0 saturated heterocycles. The van der Waals surface area contributed by atoms with Gasteiger partial charge in [-0.05, 0) is 12.3 Å². The molecule has 0 rings (SSSR count). The lowest BCUT2D eigenvalue weighted by Crippen LogP contribution is -2.39. The summed E-state index contributed by atoms with van der Waals surface area (Å²) in [5, 5.41) is 11.7. The lowest BCUT2D eigenvalue weighted by Gasteiger charge is -2.09. The molecular formula is C20H42N2O2. The molecule has 0 saturated carbocycles. The van der Waals surface area contributed by atoms with Crippen LogP contribution in [0.25, 0.3) is 0 Å². The summed E-state index contributed by atoms with van der Waals surface area (Å²) in [6.07, 6.45) is 16.6. The van der Waals surface area contributed by atoms with Gasteiger partial charge in [-0.3, -0.25) is 4.79 Å². The Kier molecular flexibility index (Phi) is 16.8. The maximum Gasteiger partial charge on any atom is 0.222 e. The van der Waals surface area contributed by atoms with E-state index in [0.29, 0.717) is 6.42 Å². The van der Waals surface area contributed by atoms with Gasteiger partial charge in [0.1, 0.15) is 6.23 Å². The van der Waals surface area contributed by atoms with E-state index in [1.54, 1.807) is 0 Å². The molecule has 24 heavy (non-hydrogen) atoms. The van der Waals surface area contributed by atoms with E-state index >= 15 is 0 Å². The van der Waals surface area contributed by atoms with Gasteiger partial charge in [-0.2, -0.15) is 0 Å². The first-order valence-corrected chi connectivity index (χ1v) is 10.2. The summed E-state index contributed by atoms with van der Waals surface area (Å²) in [4.78, 5) is 11.4. The van der Waals surface area contributed by atoms with Crippen molar-refractivity contribution in [3.63, 3.8) is 0 Å². The quantitative estimate of drug-likeness (QED) is 0.269. The molecule has 1 atom stereocenters. The summed E-state index contributed by atoms with van der Waals surface area (Å²) in [5.41, 5.74) is 5.24. The summed E-state index contributed by atoms with van der Waals surface area (Å²) in [5.74, 6) is 0.762. The van der Waals surface area contributed by atoms with Crippen molar-refractivity contribution in [1.82, 2.24) is 5.32 Å². The molecule has 1 amide bonds. The van der Waals surface area contributed by atoms with E-state index in [4.69, 9.17) is 5.73 Å². The fourth-order valence-electron chi connectivity index (χ4n) is 2.92. The number of nitrogens with two attached hydrogens (primary N) is 1. The van der Waals surface area contributed by atoms with Crippen molar-refractivity contribution in [2.75, 3.05) is 6.54 Å². The minimum absolute atomic E-state index is 0.0731. The van der Waals surface area contributed by atoms with Crippen LogP contribution >= 0.6 is 0 Å². The molecule has 1 unspecified atom stereocenters. The third-order valence-corrected chi connectivity index (χ3v) is 4.49. The van der Waals surface area contributed by atoms with E-state index in [1.807, 2.05) is 0 Å². The maximum atomic E-state index is 11.4. The molecule has 0 aromatic rings. The third-order valence-electron chi connectivity index (χ3n) is 4.49. The molecule has 0 bridgehead atoms. The van der Waals surface area contributed by atoms with Gasteiger partial charge in [0.2, 0.25) is 5.91 Å². The molecule has 4 N–H and O–H groups in total. The normalized spacial score (nSPS) is 12.5. The third kappa shape index (κ3) is 17.7. The molecule has 0 aliphatic rings. The van der Waals surface area contributed by atoms with Crippen LogP contribution in [0, 0.1) is 5.92 Å². The lowest BCUT2D eigenvalue weighted by molar-refractivity contribution is -0.124. The number of hydrogen-bond acceptors (Lipinski definition) is 3. The van der Waals surface area contributed by atoms with Crippen molar-refractivity contribution < 1.29 is 9.90 Å². The fraction of sp³-hybridized carbons (Fsp3) is 0.950. The smallest absolute Gasteiger partial charge is 0.222 e. The zero-order chi connectivity index (χ0) is 18.0. The Balaban J connectivity index is 3.14. The van der Waals surface area contributed by atoms with E-state index < -0.39 is 6.23 Å². The van der Waals surface area contributed by atoms with E-state index in [0.717, 1.165) is 18.8 Å². The first-order chi connectivity index (χ1) is 11.6. The van der Waals surface area contributed by atoms with Gasteiger partial charge < -0.3 is 16.2 Å². The van der Waals surface area contributed by atoms with Crippen LogP contribution in [-0.2, 0) is 4.79 Å². The van der Waals surface area contributed by atoms with Gasteiger partial charge in [-0.15, -0.1) is 0 Å². The minimum Gasteiger partial charge on any atom is -0.372 e. The highest BCUT2D eigenvalue weighted by Crippen LogP contribution is 2.14. The van der Waals surface area contributed by atoms with E-state index in [9.17, 15) is 9.90 Å². The summed E-state index contributed by atoms with van der Waals surface area (Å²) in [6.45, 7) is 4.69. The van der Waals surface area contributed by atoms with Crippen LogP contribution in [0.3, 0.4) is 0 Å². The number of unbranched alkanes of at least 4 members (excludes halogenated alkanes) is 11. The maximum absolute atomic E-state index is 11.4. The van der Waals surface area contributed by atoms with Crippen LogP contribution < -0.4 is 11.1 Å². The summed E-state index contributed by atoms with van der Waals surface area (Å²) in [6, 6.07) is 0. The molecule has 0 aliphatic heterocycles. The summed E-state index contributed by atoms with van der Waals surface area (Å²) < 4.78 is 0. The number of aliphatic hydroxyl groups is 1. The average Bonchev–Trinajstić information content (AvgIpc) is 2.54. The van der Waals surface area contributed by atoms with Gasteiger partial charge in [0, 0.05) is 13.0 Å². The monoisotopic (exact) mass is 342 g/mol. The predicted molar refractivity (Wildman–Crippen MR) is 103 cm³/mol. The zero-order valence-corrected chi connectivity index (χ0v) is 16.2. The molecule has 4 heteroatoms. The minimum atomic E-state index is -0.896. The number of nitrogens with one attached hydrogen (secondary N) is 1. The van der Waals surface area contributed by atoms with Crippen LogP contribution in [-0.4, -0.2) is 23.8 Å². The molecule has 0 spiro atoms. The number of carbonyl (C=O) groups excluding carboxylic acids is 1. The second kappa shape index (κ2) is 17.2. The molecule has 4 nitrogen and oxygen atoms in total. The Hall–Kier alpha value is -0.610. The largest absolute Gasteiger partial charge is 0.372 e. The lowest BCUT2D eigenvalue weighted by atomic mass is 10.0. The van der Waals surface area contributed by atoms with E-state index in [2.05, 4.69) is 19.2 Å². The Bertz CT molecular complexity index is 283. The van der Waals surface area contributed by atoms with Crippen molar-refractivity contribution in [2.24, 2.45) is 11.7 Å². The van der Waals surface area contributed by atoms with Gasteiger partial charge >= 0.3 is 0 Å². The highest BCUT2D eigenvalue weighted by atomic mass is 16.3. The highest BCUT2D eigenvalue weighted by molar-refractivity contribution is 5.75. The van der Waals surface area contributed by atoms with Crippen LogP contribution in [0.2, 0.25) is 0 Å². The summed E-state index contributed by atoms with van der Waals surface area (Å²) in [7, 11) is 0. The average molecular weight is 343 g/mol. The first kappa shape index (κ1) is 23.4. The van der Waals surface area contributed by atoms with Crippen LogP contribution in [0.15, 0.2) is 0 Å². The van der Waals surface area contributed by atoms with Crippen molar-refractivity contribution in [3.05, 3.63) is 0 Å². The molecule has 0 aromatic heterocycles. The van der Waals surface area contributed by atoms with Crippen molar-refractivity contribution >= 4 is 5.91 Å². The topological polar surface area (TPSA) is 75.3 Å². The molecule has 0 aromatic carbocycles. The number of amides is 1. The van der Waals surface area contributed by atoms with Crippen LogP contribution in [0.4, 0.5) is 0 Å². The van der Waals surface area contributed by atoms with E-state index in [-0.39, 0.29) is 12.5 Å². The summed E-state index contributed by atoms with van der Waals surface area (Å²) >= 11 is 0. The van der Waals surface area contributed by atoms with Crippen molar-refractivity contribution in [1.29, 1.82) is 0 Å². The van der Waals surface area contributed by atoms with Crippen molar-refractivity contribution in [3.8, 4) is 0 Å². The molecule has 144 valence electrons. The Morgan fingerprint density at radius 2 is 1.25 bits per heavy atom. The van der Waals surface area contributed by atoms with Crippen LogP contribution in [0.5, 0.6) is 0 Å². The molecule has 0 radical (unpaired) electrons. The van der Waals surface area contributed by atoms with Gasteiger partial charge in [-0.1, -0.05) is 90.9 Å². The number of hydrogen-bond donors (Lipinski definition) is 3. The second-order valence-corrected chi connectivity index (χ2v) is 7.49. The highest BCUT2D eigenvalue weighted by Gasteiger charge is 2.05. The van der Waals surface area contributed by atoms with Gasteiger partial charge in [0.25, 0.3) is 0 Å². The number of carbonyl (C=O) groups is 1. The predicted octanol–water partition coefficient (Wildman–Crippen LogP) is 4.50. The molecule has 0 heterocycles. The van der Waals surface area contributed by atoms with Crippen molar-refractivity contribution in [2.45, 2.75) is 110 Å². The van der Waals surface area contributed by atoms with Crippen LogP contribution in [0.1, 0.15) is 104 Å². The number of rotatable bonds is 17. The Morgan fingerprint density at radius 3 is 1.67 bits per heavy atom. The van der Waals surface area contributed by atoms with Gasteiger partial charge in [-0.25, -0.2) is 0 Å². The van der Waals surface area contributed by atoms with E-state index in [1.165, 1.54) is 70.6 Å². The van der Waals surface area contributed by atoms with Gasteiger partial charge in [0.15, 0.2) is 0 Å². The fourth-order valence-corrected chi connectivity index (χ4v) is 2.92. The Morgan fingerprint density at radius 1 is 0.833 bits per heavy atom. The molecule has 0 aliphatic carbocycles. The Labute approximate surface area is 150 Å². The first-order valence-electron chi connectivity index (χ1n) is 10.2.